The number of thiophene rings is 1. The van der Waals surface area contributed by atoms with E-state index in [4.69, 9.17) is 11.6 Å². The largest absolute Gasteiger partial charge is 0.206 e. The maximum Gasteiger partial charge on any atom is 0.134 e. The molecular weight excluding hydrogens is 238 g/mol. The van der Waals surface area contributed by atoms with Gasteiger partial charge in [0.15, 0.2) is 0 Å². The van der Waals surface area contributed by atoms with Crippen LogP contribution in [0.25, 0.3) is 11.1 Å². The zero-order chi connectivity index (χ0) is 11.0. The van der Waals surface area contributed by atoms with Crippen LogP contribution < -0.4 is 0 Å². The molecule has 0 fully saturated rings. The van der Waals surface area contributed by atoms with E-state index >= 15 is 0 Å². The second-order valence-electron chi connectivity index (χ2n) is 3.24. The molecule has 0 saturated carbocycles. The third kappa shape index (κ3) is 2.03. The first-order valence-electron chi connectivity index (χ1n) is 4.28. The lowest BCUT2D eigenvalue weighted by Gasteiger charge is -2.03. The van der Waals surface area contributed by atoms with Crippen LogP contribution in [0.15, 0.2) is 23.6 Å². The van der Waals surface area contributed by atoms with Gasteiger partial charge in [-0.05, 0) is 36.2 Å². The Balaban J connectivity index is 2.62. The normalized spacial score (nSPS) is 10.7. The van der Waals surface area contributed by atoms with Crippen molar-refractivity contribution in [3.63, 3.8) is 0 Å². The molecule has 0 aliphatic carbocycles. The van der Waals surface area contributed by atoms with Crippen molar-refractivity contribution >= 4 is 22.9 Å². The van der Waals surface area contributed by atoms with E-state index in [1.54, 1.807) is 18.4 Å². The van der Waals surface area contributed by atoms with Crippen molar-refractivity contribution in [2.75, 3.05) is 0 Å². The first kappa shape index (κ1) is 10.6. The highest BCUT2D eigenvalue weighted by Gasteiger charge is 2.13. The molecule has 0 bridgehead atoms. The molecule has 1 heterocycles. The first-order valence-corrected chi connectivity index (χ1v) is 5.54. The van der Waals surface area contributed by atoms with Gasteiger partial charge in [-0.15, -0.1) is 11.3 Å². The SMILES string of the molecule is Cc1cc(F)c(-c2csc(Cl)c2)c(F)c1. The molecule has 0 radical (unpaired) electrons. The van der Waals surface area contributed by atoms with Gasteiger partial charge in [-0.25, -0.2) is 8.78 Å². The fourth-order valence-electron chi connectivity index (χ4n) is 1.42. The van der Waals surface area contributed by atoms with Crippen LogP contribution in [0.3, 0.4) is 0 Å². The molecule has 2 aromatic rings. The number of halogens is 3. The molecule has 0 aliphatic rings. The average molecular weight is 245 g/mol. The summed E-state index contributed by atoms with van der Waals surface area (Å²) in [6.45, 7) is 1.65. The number of hydrogen-bond donors (Lipinski definition) is 0. The molecule has 15 heavy (non-hydrogen) atoms. The van der Waals surface area contributed by atoms with Gasteiger partial charge >= 0.3 is 0 Å². The summed E-state index contributed by atoms with van der Waals surface area (Å²) in [6.07, 6.45) is 0. The molecule has 0 atom stereocenters. The second kappa shape index (κ2) is 3.91. The Bertz CT molecular complexity index is 482. The molecule has 2 rings (SSSR count). The summed E-state index contributed by atoms with van der Waals surface area (Å²) in [5.74, 6) is -1.11. The summed E-state index contributed by atoms with van der Waals surface area (Å²) in [5.41, 5.74) is 1.04. The Morgan fingerprint density at radius 1 is 1.13 bits per heavy atom. The first-order chi connectivity index (χ1) is 7.08. The topological polar surface area (TPSA) is 0 Å². The zero-order valence-electron chi connectivity index (χ0n) is 7.85. The second-order valence-corrected chi connectivity index (χ2v) is 4.79. The van der Waals surface area contributed by atoms with Crippen molar-refractivity contribution in [1.29, 1.82) is 0 Å². The van der Waals surface area contributed by atoms with Gasteiger partial charge in [-0.2, -0.15) is 0 Å². The Hall–Kier alpha value is -0.930. The monoisotopic (exact) mass is 244 g/mol. The number of aryl methyl sites for hydroxylation is 1. The van der Waals surface area contributed by atoms with E-state index < -0.39 is 11.6 Å². The molecule has 0 aliphatic heterocycles. The van der Waals surface area contributed by atoms with Gasteiger partial charge in [0.25, 0.3) is 0 Å². The van der Waals surface area contributed by atoms with E-state index in [0.29, 0.717) is 15.5 Å². The van der Waals surface area contributed by atoms with E-state index in [0.717, 1.165) is 0 Å². The summed E-state index contributed by atoms with van der Waals surface area (Å²) in [7, 11) is 0. The molecule has 1 aromatic carbocycles. The average Bonchev–Trinajstić information content (AvgIpc) is 2.49. The summed E-state index contributed by atoms with van der Waals surface area (Å²) >= 11 is 6.97. The smallest absolute Gasteiger partial charge is 0.134 e. The van der Waals surface area contributed by atoms with Gasteiger partial charge in [-0.3, -0.25) is 0 Å². The van der Waals surface area contributed by atoms with Gasteiger partial charge < -0.3 is 0 Å². The van der Waals surface area contributed by atoms with Gasteiger partial charge in [0.1, 0.15) is 11.6 Å². The summed E-state index contributed by atoms with van der Waals surface area (Å²) < 4.78 is 27.6. The molecule has 1 aromatic heterocycles. The lowest BCUT2D eigenvalue weighted by molar-refractivity contribution is 0.588. The summed E-state index contributed by atoms with van der Waals surface area (Å²) in [6, 6.07) is 4.18. The highest BCUT2D eigenvalue weighted by molar-refractivity contribution is 7.14. The van der Waals surface area contributed by atoms with Gasteiger partial charge in [-0.1, -0.05) is 11.6 Å². The molecule has 0 N–H and O–H groups in total. The molecule has 0 nitrogen and oxygen atoms in total. The third-order valence-corrected chi connectivity index (χ3v) is 3.13. The van der Waals surface area contributed by atoms with Crippen LogP contribution in [-0.2, 0) is 0 Å². The number of hydrogen-bond acceptors (Lipinski definition) is 1. The van der Waals surface area contributed by atoms with E-state index in [1.807, 2.05) is 0 Å². The van der Waals surface area contributed by atoms with Crippen LogP contribution in [0.1, 0.15) is 5.56 Å². The highest BCUT2D eigenvalue weighted by Crippen LogP contribution is 2.32. The maximum atomic E-state index is 13.5. The van der Waals surface area contributed by atoms with Crippen molar-refractivity contribution in [3.8, 4) is 11.1 Å². The molecular formula is C11H7ClF2S. The van der Waals surface area contributed by atoms with Gasteiger partial charge in [0, 0.05) is 5.38 Å². The van der Waals surface area contributed by atoms with Crippen LogP contribution in [0.4, 0.5) is 8.78 Å². The Morgan fingerprint density at radius 2 is 1.73 bits per heavy atom. The van der Waals surface area contributed by atoms with Crippen molar-refractivity contribution < 1.29 is 8.78 Å². The summed E-state index contributed by atoms with van der Waals surface area (Å²) in [4.78, 5) is 0. The van der Waals surface area contributed by atoms with Crippen LogP contribution in [-0.4, -0.2) is 0 Å². The zero-order valence-corrected chi connectivity index (χ0v) is 9.42. The van der Waals surface area contributed by atoms with E-state index in [2.05, 4.69) is 0 Å². The molecule has 78 valence electrons. The van der Waals surface area contributed by atoms with Crippen molar-refractivity contribution in [3.05, 3.63) is 45.1 Å². The number of benzene rings is 1. The van der Waals surface area contributed by atoms with Crippen molar-refractivity contribution in [1.82, 2.24) is 0 Å². The molecule has 0 unspecified atom stereocenters. The lowest BCUT2D eigenvalue weighted by Crippen LogP contribution is -1.90. The maximum absolute atomic E-state index is 13.5. The van der Waals surface area contributed by atoms with Crippen molar-refractivity contribution in [2.24, 2.45) is 0 Å². The fourth-order valence-corrected chi connectivity index (χ4v) is 2.29. The Kier molecular flexibility index (Phi) is 2.76. The van der Waals surface area contributed by atoms with E-state index in [1.165, 1.54) is 23.5 Å². The quantitative estimate of drug-likeness (QED) is 0.685. The fraction of sp³-hybridized carbons (Fsp3) is 0.0909. The number of rotatable bonds is 1. The predicted octanol–water partition coefficient (Wildman–Crippen LogP) is 4.66. The molecule has 0 saturated heterocycles. The third-order valence-electron chi connectivity index (χ3n) is 2.04. The predicted molar refractivity (Wildman–Crippen MR) is 59.4 cm³/mol. The summed E-state index contributed by atoms with van der Waals surface area (Å²) in [5, 5.41) is 1.64. The van der Waals surface area contributed by atoms with E-state index in [9.17, 15) is 8.78 Å². The van der Waals surface area contributed by atoms with Gasteiger partial charge in [0.05, 0.1) is 9.90 Å². The lowest BCUT2D eigenvalue weighted by atomic mass is 10.1. The van der Waals surface area contributed by atoms with Crippen molar-refractivity contribution in [2.45, 2.75) is 6.92 Å². The highest BCUT2D eigenvalue weighted by atomic mass is 35.5. The molecule has 0 spiro atoms. The standard InChI is InChI=1S/C11H7ClF2S/c1-6-2-8(13)11(9(14)3-6)7-4-10(12)15-5-7/h2-5H,1H3. The molecule has 0 amide bonds. The van der Waals surface area contributed by atoms with Crippen LogP contribution >= 0.6 is 22.9 Å². The minimum atomic E-state index is -0.554. The van der Waals surface area contributed by atoms with Crippen LogP contribution in [0.2, 0.25) is 4.34 Å². The Labute approximate surface area is 95.1 Å². The Morgan fingerprint density at radius 3 is 2.20 bits per heavy atom. The minimum Gasteiger partial charge on any atom is -0.206 e. The van der Waals surface area contributed by atoms with E-state index in [-0.39, 0.29) is 5.56 Å². The van der Waals surface area contributed by atoms with Crippen LogP contribution in [0.5, 0.6) is 0 Å². The van der Waals surface area contributed by atoms with Crippen LogP contribution in [0, 0.1) is 18.6 Å². The molecule has 4 heteroatoms. The van der Waals surface area contributed by atoms with Gasteiger partial charge in [0.2, 0.25) is 0 Å². The minimum absolute atomic E-state index is 0.0104.